The summed E-state index contributed by atoms with van der Waals surface area (Å²) in [6.45, 7) is 2.44. The van der Waals surface area contributed by atoms with Gasteiger partial charge in [-0.2, -0.15) is 0 Å². The molecule has 0 radical (unpaired) electrons. The van der Waals surface area contributed by atoms with Gasteiger partial charge in [-0.1, -0.05) is 48.5 Å². The van der Waals surface area contributed by atoms with Crippen LogP contribution in [0.25, 0.3) is 0 Å². The molecule has 2 heterocycles. The van der Waals surface area contributed by atoms with Gasteiger partial charge in [0.1, 0.15) is 5.82 Å². The number of hydrogen-bond donors (Lipinski definition) is 4. The molecule has 3 aromatic carbocycles. The third-order valence-electron chi connectivity index (χ3n) is 6.04. The van der Waals surface area contributed by atoms with Crippen LogP contribution in [0.5, 0.6) is 0 Å². The number of amides is 1. The van der Waals surface area contributed by atoms with Crippen molar-refractivity contribution in [2.75, 3.05) is 36.5 Å². The Kier molecular flexibility index (Phi) is 6.91. The van der Waals surface area contributed by atoms with Crippen LogP contribution < -0.4 is 15.5 Å². The first-order valence-corrected chi connectivity index (χ1v) is 11.8. The highest BCUT2D eigenvalue weighted by Gasteiger charge is 2.27. The Morgan fingerprint density at radius 2 is 1.78 bits per heavy atom. The van der Waals surface area contributed by atoms with Crippen molar-refractivity contribution in [2.45, 2.75) is 6.17 Å². The van der Waals surface area contributed by atoms with E-state index in [4.69, 9.17) is 20.3 Å². The summed E-state index contributed by atoms with van der Waals surface area (Å²) in [4.78, 5) is 19.5. The molecule has 188 valence electrons. The van der Waals surface area contributed by atoms with Crippen LogP contribution in [0.1, 0.15) is 16.7 Å². The lowest BCUT2D eigenvalue weighted by Gasteiger charge is -2.29. The quantitative estimate of drug-likeness (QED) is 0.323. The third kappa shape index (κ3) is 5.34. The fourth-order valence-electron chi connectivity index (χ4n) is 4.20. The molecule has 9 nitrogen and oxygen atoms in total. The first kappa shape index (κ1) is 24.1. The number of nitrogens with one attached hydrogen (secondary N) is 4. The highest BCUT2D eigenvalue weighted by molar-refractivity contribution is 6.19. The average molecular weight is 501 g/mol. The maximum atomic E-state index is 14.8. The van der Waals surface area contributed by atoms with E-state index < -0.39 is 29.8 Å². The molecule has 3 aromatic rings. The number of para-hydroxylation sites is 1. The zero-order chi connectivity index (χ0) is 25.8. The van der Waals surface area contributed by atoms with Gasteiger partial charge in [-0.05, 0) is 24.3 Å². The summed E-state index contributed by atoms with van der Waals surface area (Å²) >= 11 is 0. The van der Waals surface area contributed by atoms with Crippen LogP contribution in [0.2, 0.25) is 0 Å². The first-order chi connectivity index (χ1) is 18.0. The van der Waals surface area contributed by atoms with Crippen LogP contribution in [0, 0.1) is 16.6 Å². The minimum absolute atomic E-state index is 0.102. The number of ether oxygens (including phenoxy) is 2. The number of anilines is 2. The second kappa shape index (κ2) is 10.6. The maximum Gasteiger partial charge on any atom is 0.290 e. The van der Waals surface area contributed by atoms with Crippen molar-refractivity contribution < 1.29 is 18.7 Å². The number of nitrogens with zero attached hydrogens (tertiary/aromatic N) is 2. The van der Waals surface area contributed by atoms with Gasteiger partial charge < -0.3 is 25.0 Å². The Balaban J connectivity index is 1.32. The Labute approximate surface area is 212 Å². The number of fused-ring (bicyclic) bond motifs is 1. The molecule has 0 bridgehead atoms. The van der Waals surface area contributed by atoms with Gasteiger partial charge in [0.2, 0.25) is 12.1 Å². The monoisotopic (exact) mass is 500 g/mol. The van der Waals surface area contributed by atoms with Crippen LogP contribution in [-0.2, 0) is 14.3 Å². The normalized spacial score (nSPS) is 17.1. The molecule has 1 amide bonds. The summed E-state index contributed by atoms with van der Waals surface area (Å²) in [5, 5.41) is 21.8. The SMILES string of the molecule is N=C(NC1N=C(c2ccccc2)c2ccccc2NC1=O)OC(=N)c1ccc(N2CCOCC2)cc1F. The molecule has 1 fully saturated rings. The average Bonchev–Trinajstić information content (AvgIpc) is 3.05. The first-order valence-electron chi connectivity index (χ1n) is 11.8. The zero-order valence-corrected chi connectivity index (χ0v) is 19.8. The van der Waals surface area contributed by atoms with Crippen molar-refractivity contribution in [1.82, 2.24) is 5.32 Å². The Bertz CT molecular complexity index is 1370. The van der Waals surface area contributed by atoms with E-state index in [1.54, 1.807) is 18.2 Å². The molecule has 37 heavy (non-hydrogen) atoms. The van der Waals surface area contributed by atoms with Gasteiger partial charge in [0, 0.05) is 29.9 Å². The molecule has 1 unspecified atom stereocenters. The number of halogens is 1. The summed E-state index contributed by atoms with van der Waals surface area (Å²) < 4.78 is 25.4. The van der Waals surface area contributed by atoms with Gasteiger partial charge in [-0.15, -0.1) is 0 Å². The Morgan fingerprint density at radius 1 is 1.05 bits per heavy atom. The highest BCUT2D eigenvalue weighted by Crippen LogP contribution is 2.24. The zero-order valence-electron chi connectivity index (χ0n) is 19.8. The molecule has 0 aromatic heterocycles. The summed E-state index contributed by atoms with van der Waals surface area (Å²) in [6.07, 6.45) is -1.21. The molecule has 0 aliphatic carbocycles. The van der Waals surface area contributed by atoms with Crippen LogP contribution in [0.3, 0.4) is 0 Å². The molecule has 2 aliphatic heterocycles. The van der Waals surface area contributed by atoms with Crippen LogP contribution in [0.15, 0.2) is 77.8 Å². The summed E-state index contributed by atoms with van der Waals surface area (Å²) in [5.74, 6) is -1.71. The van der Waals surface area contributed by atoms with Crippen molar-refractivity contribution in [3.63, 3.8) is 0 Å². The van der Waals surface area contributed by atoms with Crippen LogP contribution in [-0.4, -0.2) is 56.0 Å². The maximum absolute atomic E-state index is 14.8. The third-order valence-corrected chi connectivity index (χ3v) is 6.04. The molecule has 10 heteroatoms. The number of morpholine rings is 1. The number of benzodiazepines with no additional fused rings is 1. The number of amidine groups is 1. The summed E-state index contributed by atoms with van der Waals surface area (Å²) in [7, 11) is 0. The lowest BCUT2D eigenvalue weighted by Crippen LogP contribution is -2.43. The van der Waals surface area contributed by atoms with Gasteiger partial charge in [0.15, 0.2) is 0 Å². The van der Waals surface area contributed by atoms with E-state index in [0.717, 1.165) is 11.1 Å². The number of carbonyl (C=O) groups is 1. The molecule has 2 aliphatic rings. The summed E-state index contributed by atoms with van der Waals surface area (Å²) in [6, 6.07) is 20.5. The number of rotatable bonds is 4. The van der Waals surface area contributed by atoms with Gasteiger partial charge in [-0.25, -0.2) is 9.38 Å². The lowest BCUT2D eigenvalue weighted by molar-refractivity contribution is -0.117. The number of aliphatic imine (C=N–C) groups is 1. The fourth-order valence-corrected chi connectivity index (χ4v) is 4.20. The van der Waals surface area contributed by atoms with Gasteiger partial charge in [0.25, 0.3) is 11.9 Å². The van der Waals surface area contributed by atoms with Crippen LogP contribution >= 0.6 is 0 Å². The van der Waals surface area contributed by atoms with Crippen molar-refractivity contribution in [2.24, 2.45) is 4.99 Å². The largest absolute Gasteiger partial charge is 0.407 e. The van der Waals surface area contributed by atoms with E-state index in [1.807, 2.05) is 47.4 Å². The molecule has 4 N–H and O–H groups in total. The summed E-state index contributed by atoms with van der Waals surface area (Å²) in [5.41, 5.74) is 3.24. The van der Waals surface area contributed by atoms with E-state index in [0.29, 0.717) is 43.4 Å². The molecule has 1 atom stereocenters. The van der Waals surface area contributed by atoms with E-state index in [2.05, 4.69) is 15.6 Å². The van der Waals surface area contributed by atoms with E-state index in [1.165, 1.54) is 12.1 Å². The standard InChI is InChI=1S/C27H25FN6O3/c28-21-16-18(34-12-14-36-15-13-34)10-11-19(21)24(29)37-27(30)33-25-26(35)31-22-9-5-4-8-20(22)23(32-25)17-6-2-1-3-7-17/h1-11,16,25,29H,12-15H2,(H2,30,33)(H,31,35). The Hall–Kier alpha value is -4.57. The smallest absolute Gasteiger partial charge is 0.290 e. The minimum Gasteiger partial charge on any atom is -0.407 e. The molecule has 0 saturated carbocycles. The molecular weight excluding hydrogens is 475 g/mol. The van der Waals surface area contributed by atoms with Crippen molar-refractivity contribution >= 4 is 34.9 Å². The van der Waals surface area contributed by atoms with Crippen LogP contribution in [0.4, 0.5) is 15.8 Å². The van der Waals surface area contributed by atoms with Gasteiger partial charge >= 0.3 is 0 Å². The van der Waals surface area contributed by atoms with Gasteiger partial charge in [-0.3, -0.25) is 15.6 Å². The topological polar surface area (TPSA) is 123 Å². The predicted octanol–water partition coefficient (Wildman–Crippen LogP) is 3.34. The van der Waals surface area contributed by atoms with E-state index >= 15 is 0 Å². The predicted molar refractivity (Wildman–Crippen MR) is 139 cm³/mol. The number of hydrogen-bond acceptors (Lipinski definition) is 7. The van der Waals surface area contributed by atoms with Crippen molar-refractivity contribution in [1.29, 1.82) is 10.8 Å². The molecule has 1 saturated heterocycles. The molecular formula is C27H25FN6O3. The second-order valence-electron chi connectivity index (χ2n) is 8.45. The number of carbonyl (C=O) groups excluding carboxylic acids is 1. The highest BCUT2D eigenvalue weighted by atomic mass is 19.1. The van der Waals surface area contributed by atoms with Crippen molar-refractivity contribution in [3.8, 4) is 0 Å². The van der Waals surface area contributed by atoms with E-state index in [9.17, 15) is 9.18 Å². The second-order valence-corrected chi connectivity index (χ2v) is 8.45. The fraction of sp³-hybridized carbons (Fsp3) is 0.185. The van der Waals surface area contributed by atoms with E-state index in [-0.39, 0.29) is 5.56 Å². The van der Waals surface area contributed by atoms with Crippen molar-refractivity contribution in [3.05, 3.63) is 95.3 Å². The number of benzene rings is 3. The minimum atomic E-state index is -1.21. The lowest BCUT2D eigenvalue weighted by atomic mass is 10.0. The molecule has 0 spiro atoms. The van der Waals surface area contributed by atoms with Gasteiger partial charge in [0.05, 0.1) is 30.2 Å². The Morgan fingerprint density at radius 3 is 2.54 bits per heavy atom. The molecule has 5 rings (SSSR count).